The second kappa shape index (κ2) is 5.23. The van der Waals surface area contributed by atoms with Gasteiger partial charge in [-0.1, -0.05) is 25.1 Å². The number of aliphatic hydroxyl groups is 1. The molecule has 3 N–H and O–H groups in total. The molecule has 18 heavy (non-hydrogen) atoms. The summed E-state index contributed by atoms with van der Waals surface area (Å²) < 4.78 is 1.82. The zero-order chi connectivity index (χ0) is 13.1. The Morgan fingerprint density at radius 2 is 2.11 bits per heavy atom. The normalized spacial score (nSPS) is 12.6. The van der Waals surface area contributed by atoms with Crippen LogP contribution in [0.15, 0.2) is 30.3 Å². The van der Waals surface area contributed by atoms with Crippen LogP contribution in [0.25, 0.3) is 0 Å². The molecule has 96 valence electrons. The standard InChI is InChI=1S/C14H19N3O/c1-3-10-8-11(17(2)16-10)9-14(18)12-6-4-5-7-13(12)15/h4-8,14,18H,3,9,15H2,1-2H3. The number of hydrogen-bond acceptors (Lipinski definition) is 3. The number of para-hydroxylation sites is 1. The van der Waals surface area contributed by atoms with Crippen molar-refractivity contribution in [3.63, 3.8) is 0 Å². The van der Waals surface area contributed by atoms with E-state index in [-0.39, 0.29) is 0 Å². The largest absolute Gasteiger partial charge is 0.398 e. The molecule has 4 nitrogen and oxygen atoms in total. The van der Waals surface area contributed by atoms with Gasteiger partial charge in [-0.25, -0.2) is 0 Å². The Bertz CT molecular complexity index is 534. The molecule has 0 amide bonds. The quantitative estimate of drug-likeness (QED) is 0.808. The van der Waals surface area contributed by atoms with Gasteiger partial charge in [0.1, 0.15) is 0 Å². The second-order valence-electron chi connectivity index (χ2n) is 4.45. The van der Waals surface area contributed by atoms with Crippen LogP contribution in [0.5, 0.6) is 0 Å². The van der Waals surface area contributed by atoms with Crippen molar-refractivity contribution in [2.75, 3.05) is 5.73 Å². The van der Waals surface area contributed by atoms with E-state index >= 15 is 0 Å². The molecule has 1 heterocycles. The van der Waals surface area contributed by atoms with Gasteiger partial charge in [0.2, 0.25) is 0 Å². The molecule has 0 aliphatic heterocycles. The number of nitrogens with zero attached hydrogens (tertiary/aromatic N) is 2. The molecule has 2 aromatic rings. The van der Waals surface area contributed by atoms with Crippen molar-refractivity contribution >= 4 is 5.69 Å². The summed E-state index contributed by atoms with van der Waals surface area (Å²) in [7, 11) is 1.90. The molecule has 1 atom stereocenters. The fourth-order valence-corrected chi connectivity index (χ4v) is 2.06. The molecule has 4 heteroatoms. The Balaban J connectivity index is 2.18. The van der Waals surface area contributed by atoms with E-state index in [2.05, 4.69) is 12.0 Å². The Morgan fingerprint density at radius 1 is 1.39 bits per heavy atom. The van der Waals surface area contributed by atoms with Crippen LogP contribution in [0, 0.1) is 0 Å². The van der Waals surface area contributed by atoms with E-state index in [4.69, 9.17) is 5.73 Å². The molecule has 0 spiro atoms. The Labute approximate surface area is 107 Å². The minimum Gasteiger partial charge on any atom is -0.398 e. The number of anilines is 1. The average molecular weight is 245 g/mol. The van der Waals surface area contributed by atoms with Crippen molar-refractivity contribution in [2.45, 2.75) is 25.9 Å². The Hall–Kier alpha value is -1.81. The van der Waals surface area contributed by atoms with Crippen LogP contribution in [0.4, 0.5) is 5.69 Å². The smallest absolute Gasteiger partial charge is 0.0865 e. The first-order valence-electron chi connectivity index (χ1n) is 6.16. The van der Waals surface area contributed by atoms with Crippen LogP contribution >= 0.6 is 0 Å². The third-order valence-corrected chi connectivity index (χ3v) is 3.15. The molecule has 0 aliphatic rings. The van der Waals surface area contributed by atoms with Crippen molar-refractivity contribution in [2.24, 2.45) is 7.05 Å². The summed E-state index contributed by atoms with van der Waals surface area (Å²) in [5.74, 6) is 0. The van der Waals surface area contributed by atoms with E-state index in [1.165, 1.54) is 0 Å². The predicted molar refractivity (Wildman–Crippen MR) is 72.1 cm³/mol. The monoisotopic (exact) mass is 245 g/mol. The van der Waals surface area contributed by atoms with Gasteiger partial charge in [0, 0.05) is 30.4 Å². The van der Waals surface area contributed by atoms with Crippen LogP contribution in [0.1, 0.15) is 30.0 Å². The van der Waals surface area contributed by atoms with Gasteiger partial charge >= 0.3 is 0 Å². The molecule has 2 rings (SSSR count). The topological polar surface area (TPSA) is 64.1 Å². The second-order valence-corrected chi connectivity index (χ2v) is 4.45. The van der Waals surface area contributed by atoms with Gasteiger partial charge in [-0.3, -0.25) is 4.68 Å². The number of nitrogen functional groups attached to an aromatic ring is 1. The highest BCUT2D eigenvalue weighted by Crippen LogP contribution is 2.23. The molecule has 1 aromatic carbocycles. The lowest BCUT2D eigenvalue weighted by molar-refractivity contribution is 0.176. The highest BCUT2D eigenvalue weighted by Gasteiger charge is 2.14. The molecular weight excluding hydrogens is 226 g/mol. The first-order chi connectivity index (χ1) is 8.61. The zero-order valence-corrected chi connectivity index (χ0v) is 10.8. The van der Waals surface area contributed by atoms with Gasteiger partial charge in [-0.15, -0.1) is 0 Å². The SMILES string of the molecule is CCc1cc(CC(O)c2ccccc2N)n(C)n1. The number of aromatic nitrogens is 2. The summed E-state index contributed by atoms with van der Waals surface area (Å²) in [6, 6.07) is 9.44. The number of aryl methyl sites for hydroxylation is 2. The Kier molecular flexibility index (Phi) is 3.67. The predicted octanol–water partition coefficient (Wildman–Crippen LogP) is 1.84. The van der Waals surface area contributed by atoms with E-state index in [1.54, 1.807) is 6.07 Å². The van der Waals surface area contributed by atoms with Gasteiger partial charge in [-0.2, -0.15) is 5.10 Å². The maximum atomic E-state index is 10.2. The summed E-state index contributed by atoms with van der Waals surface area (Å²) in [5, 5.41) is 14.6. The van der Waals surface area contributed by atoms with Gasteiger partial charge in [-0.05, 0) is 18.6 Å². The number of hydrogen-bond donors (Lipinski definition) is 2. The van der Waals surface area contributed by atoms with Crippen LogP contribution in [-0.4, -0.2) is 14.9 Å². The van der Waals surface area contributed by atoms with Crippen LogP contribution < -0.4 is 5.73 Å². The first kappa shape index (κ1) is 12.6. The third-order valence-electron chi connectivity index (χ3n) is 3.15. The molecular formula is C14H19N3O. The van der Waals surface area contributed by atoms with E-state index in [0.29, 0.717) is 12.1 Å². The Morgan fingerprint density at radius 3 is 2.72 bits per heavy atom. The molecule has 0 aliphatic carbocycles. The molecule has 1 unspecified atom stereocenters. The first-order valence-corrected chi connectivity index (χ1v) is 6.16. The number of rotatable bonds is 4. The summed E-state index contributed by atoms with van der Waals surface area (Å²) in [4.78, 5) is 0. The highest BCUT2D eigenvalue weighted by atomic mass is 16.3. The molecule has 0 saturated carbocycles. The highest BCUT2D eigenvalue weighted by molar-refractivity contribution is 5.47. The minimum atomic E-state index is -0.591. The molecule has 1 aromatic heterocycles. The van der Waals surface area contributed by atoms with Crippen molar-refractivity contribution in [3.05, 3.63) is 47.3 Å². The third kappa shape index (κ3) is 2.54. The fraction of sp³-hybridized carbons (Fsp3) is 0.357. The summed E-state index contributed by atoms with van der Waals surface area (Å²) in [6.07, 6.45) is 0.834. The maximum Gasteiger partial charge on any atom is 0.0865 e. The van der Waals surface area contributed by atoms with Crippen molar-refractivity contribution in [3.8, 4) is 0 Å². The lowest BCUT2D eigenvalue weighted by atomic mass is 10.0. The molecule has 0 radical (unpaired) electrons. The zero-order valence-electron chi connectivity index (χ0n) is 10.8. The van der Waals surface area contributed by atoms with E-state index in [0.717, 1.165) is 23.4 Å². The van der Waals surface area contributed by atoms with Gasteiger partial charge in [0.25, 0.3) is 0 Å². The number of nitrogens with two attached hydrogens (primary N) is 1. The summed E-state index contributed by atoms with van der Waals surface area (Å²) in [5.41, 5.74) is 9.32. The van der Waals surface area contributed by atoms with Gasteiger partial charge < -0.3 is 10.8 Å². The van der Waals surface area contributed by atoms with E-state index < -0.39 is 6.10 Å². The van der Waals surface area contributed by atoms with Gasteiger partial charge in [0.15, 0.2) is 0 Å². The minimum absolute atomic E-state index is 0.526. The number of benzene rings is 1. The van der Waals surface area contributed by atoms with Crippen LogP contribution in [0.3, 0.4) is 0 Å². The van der Waals surface area contributed by atoms with Crippen molar-refractivity contribution in [1.29, 1.82) is 0 Å². The number of aliphatic hydroxyl groups excluding tert-OH is 1. The average Bonchev–Trinajstić information content (AvgIpc) is 2.70. The van der Waals surface area contributed by atoms with Crippen molar-refractivity contribution in [1.82, 2.24) is 9.78 Å². The maximum absolute atomic E-state index is 10.2. The van der Waals surface area contributed by atoms with Gasteiger partial charge in [0.05, 0.1) is 11.8 Å². The lowest BCUT2D eigenvalue weighted by Crippen LogP contribution is -2.08. The fourth-order valence-electron chi connectivity index (χ4n) is 2.06. The van der Waals surface area contributed by atoms with Crippen LogP contribution in [-0.2, 0) is 19.9 Å². The lowest BCUT2D eigenvalue weighted by Gasteiger charge is -2.13. The molecule has 0 saturated heterocycles. The van der Waals surface area contributed by atoms with E-state index in [9.17, 15) is 5.11 Å². The molecule has 0 fully saturated rings. The van der Waals surface area contributed by atoms with Crippen LogP contribution in [0.2, 0.25) is 0 Å². The molecule has 0 bridgehead atoms. The van der Waals surface area contributed by atoms with E-state index in [1.807, 2.05) is 36.0 Å². The van der Waals surface area contributed by atoms with Crippen molar-refractivity contribution < 1.29 is 5.11 Å². The summed E-state index contributed by atoms with van der Waals surface area (Å²) in [6.45, 7) is 2.07. The summed E-state index contributed by atoms with van der Waals surface area (Å²) >= 11 is 0.